The van der Waals surface area contributed by atoms with Crippen molar-refractivity contribution >= 4 is 28.8 Å². The number of benzene rings is 1. The molecule has 0 aliphatic rings. The molecule has 2 rings (SSSR count). The minimum Gasteiger partial charge on any atom is -0.465 e. The first-order valence-electron chi connectivity index (χ1n) is 6.28. The van der Waals surface area contributed by atoms with Gasteiger partial charge < -0.3 is 10.2 Å². The Morgan fingerprint density at radius 1 is 1.30 bits per heavy atom. The van der Waals surface area contributed by atoms with Gasteiger partial charge in [-0.3, -0.25) is 4.90 Å². The van der Waals surface area contributed by atoms with Gasteiger partial charge in [0.05, 0.1) is 6.54 Å². The van der Waals surface area contributed by atoms with Gasteiger partial charge in [-0.2, -0.15) is 0 Å². The van der Waals surface area contributed by atoms with Gasteiger partial charge in [0.15, 0.2) is 0 Å². The van der Waals surface area contributed by atoms with E-state index < -0.39 is 0 Å². The molecule has 0 bridgehead atoms. The number of aryl methyl sites for hydroxylation is 1. The molecule has 2 N–H and O–H groups in total. The van der Waals surface area contributed by atoms with Crippen molar-refractivity contribution in [3.63, 3.8) is 0 Å². The monoisotopic (exact) mass is 308 g/mol. The van der Waals surface area contributed by atoms with Crippen LogP contribution in [-0.4, -0.2) is 16.9 Å². The highest BCUT2D eigenvalue weighted by Gasteiger charge is 2.08. The molecular weight excluding hydrogens is 292 g/mol. The van der Waals surface area contributed by atoms with E-state index >= 15 is 0 Å². The van der Waals surface area contributed by atoms with Crippen molar-refractivity contribution in [3.05, 3.63) is 58.0 Å². The molecule has 0 saturated heterocycles. The number of nitrogens with two attached hydrogens (primary N) is 1. The van der Waals surface area contributed by atoms with Crippen molar-refractivity contribution in [2.45, 2.75) is 20.0 Å². The Morgan fingerprint density at radius 2 is 2.05 bits per heavy atom. The van der Waals surface area contributed by atoms with Crippen molar-refractivity contribution in [2.24, 2.45) is 5.73 Å². The Hall–Kier alpha value is -1.36. The van der Waals surface area contributed by atoms with Gasteiger partial charge in [0.25, 0.3) is 0 Å². The molecule has 1 aromatic carbocycles. The van der Waals surface area contributed by atoms with Crippen LogP contribution in [0.3, 0.4) is 0 Å². The lowest BCUT2D eigenvalue weighted by Gasteiger charge is -2.16. The molecule has 5 heteroatoms. The van der Waals surface area contributed by atoms with Crippen molar-refractivity contribution < 1.29 is 4.42 Å². The molecule has 1 heterocycles. The second-order valence-electron chi connectivity index (χ2n) is 4.86. The van der Waals surface area contributed by atoms with Crippen molar-refractivity contribution in [2.75, 3.05) is 7.05 Å². The molecule has 0 fully saturated rings. The van der Waals surface area contributed by atoms with E-state index in [-0.39, 0.29) is 0 Å². The topological polar surface area (TPSA) is 42.4 Å². The standard InChI is InChI=1S/C15H17ClN2OS/c1-10-3-6-13(19-10)9-18(2)8-12-5-4-11(15(17)20)7-14(12)16/h3-7H,8-9H2,1-2H3,(H2,17,20). The first kappa shape index (κ1) is 15.0. The fourth-order valence-corrected chi connectivity index (χ4v) is 2.38. The summed E-state index contributed by atoms with van der Waals surface area (Å²) in [5.74, 6) is 1.87. The molecule has 0 saturated carbocycles. The third kappa shape index (κ3) is 3.82. The van der Waals surface area contributed by atoms with Crippen LogP contribution in [0.2, 0.25) is 5.02 Å². The Kier molecular flexibility index (Phi) is 4.81. The van der Waals surface area contributed by atoms with Gasteiger partial charge >= 0.3 is 0 Å². The van der Waals surface area contributed by atoms with Crippen LogP contribution in [0.1, 0.15) is 22.6 Å². The third-order valence-corrected chi connectivity index (χ3v) is 3.59. The van der Waals surface area contributed by atoms with Gasteiger partial charge in [0.1, 0.15) is 16.5 Å². The summed E-state index contributed by atoms with van der Waals surface area (Å²) in [4.78, 5) is 2.50. The van der Waals surface area contributed by atoms with Crippen LogP contribution in [0.5, 0.6) is 0 Å². The van der Waals surface area contributed by atoms with E-state index in [4.69, 9.17) is 34.0 Å². The summed E-state index contributed by atoms with van der Waals surface area (Å²) in [6.45, 7) is 3.41. The Morgan fingerprint density at radius 3 is 2.60 bits per heavy atom. The minimum absolute atomic E-state index is 0.359. The zero-order valence-corrected chi connectivity index (χ0v) is 13.1. The molecule has 106 valence electrons. The molecule has 0 atom stereocenters. The largest absolute Gasteiger partial charge is 0.465 e. The Balaban J connectivity index is 2.04. The second-order valence-corrected chi connectivity index (χ2v) is 5.70. The lowest BCUT2D eigenvalue weighted by molar-refractivity contribution is 0.285. The Bertz CT molecular complexity index is 624. The summed E-state index contributed by atoms with van der Waals surface area (Å²) in [5.41, 5.74) is 7.42. The maximum absolute atomic E-state index is 6.26. The molecule has 2 aromatic rings. The first-order chi connectivity index (χ1) is 9.45. The zero-order chi connectivity index (χ0) is 14.7. The highest BCUT2D eigenvalue weighted by molar-refractivity contribution is 7.80. The third-order valence-electron chi connectivity index (χ3n) is 3.00. The average molecular weight is 309 g/mol. The van der Waals surface area contributed by atoms with Gasteiger partial charge in [0.2, 0.25) is 0 Å². The fraction of sp³-hybridized carbons (Fsp3) is 0.267. The Labute approximate surface area is 129 Å². The number of halogens is 1. The molecule has 0 aliphatic heterocycles. The lowest BCUT2D eigenvalue weighted by Crippen LogP contribution is -2.17. The van der Waals surface area contributed by atoms with Crippen LogP contribution < -0.4 is 5.73 Å². The van der Waals surface area contributed by atoms with Crippen LogP contribution in [0.15, 0.2) is 34.7 Å². The lowest BCUT2D eigenvalue weighted by atomic mass is 10.1. The van der Waals surface area contributed by atoms with E-state index in [9.17, 15) is 0 Å². The van der Waals surface area contributed by atoms with E-state index in [1.807, 2.05) is 44.3 Å². The van der Waals surface area contributed by atoms with Crippen LogP contribution in [-0.2, 0) is 13.1 Å². The highest BCUT2D eigenvalue weighted by atomic mass is 35.5. The zero-order valence-electron chi connectivity index (χ0n) is 11.5. The molecular formula is C15H17ClN2OS. The maximum atomic E-state index is 6.26. The van der Waals surface area contributed by atoms with E-state index in [1.54, 1.807) is 0 Å². The highest BCUT2D eigenvalue weighted by Crippen LogP contribution is 2.20. The van der Waals surface area contributed by atoms with E-state index in [2.05, 4.69) is 4.90 Å². The predicted molar refractivity (Wildman–Crippen MR) is 86.0 cm³/mol. The summed E-state index contributed by atoms with van der Waals surface area (Å²) in [6.07, 6.45) is 0. The number of thiocarbonyl (C=S) groups is 1. The normalized spacial score (nSPS) is 11.0. The van der Waals surface area contributed by atoms with Crippen LogP contribution in [0.25, 0.3) is 0 Å². The van der Waals surface area contributed by atoms with E-state index in [1.165, 1.54) is 0 Å². The smallest absolute Gasteiger partial charge is 0.118 e. The summed E-state index contributed by atoms with van der Waals surface area (Å²) < 4.78 is 5.56. The minimum atomic E-state index is 0.359. The number of hydrogen-bond donors (Lipinski definition) is 1. The van der Waals surface area contributed by atoms with Gasteiger partial charge in [-0.15, -0.1) is 0 Å². The molecule has 0 unspecified atom stereocenters. The molecule has 0 spiro atoms. The number of hydrogen-bond acceptors (Lipinski definition) is 3. The predicted octanol–water partition coefficient (Wildman–Crippen LogP) is 3.51. The maximum Gasteiger partial charge on any atom is 0.118 e. The van der Waals surface area contributed by atoms with Gasteiger partial charge in [-0.1, -0.05) is 36.0 Å². The number of nitrogens with zero attached hydrogens (tertiary/aromatic N) is 1. The van der Waals surface area contributed by atoms with Crippen molar-refractivity contribution in [3.8, 4) is 0 Å². The number of rotatable bonds is 5. The quantitative estimate of drug-likeness (QED) is 0.858. The van der Waals surface area contributed by atoms with Gasteiger partial charge in [-0.05, 0) is 37.7 Å². The van der Waals surface area contributed by atoms with Crippen molar-refractivity contribution in [1.29, 1.82) is 0 Å². The molecule has 0 amide bonds. The number of furan rings is 1. The summed E-state index contributed by atoms with van der Waals surface area (Å²) in [6, 6.07) is 9.62. The summed E-state index contributed by atoms with van der Waals surface area (Å²) >= 11 is 11.2. The molecule has 0 aliphatic carbocycles. The second kappa shape index (κ2) is 6.39. The van der Waals surface area contributed by atoms with E-state index in [0.29, 0.717) is 10.0 Å². The first-order valence-corrected chi connectivity index (χ1v) is 7.06. The SMILES string of the molecule is Cc1ccc(CN(C)Cc2ccc(C(N)=S)cc2Cl)o1. The fourth-order valence-electron chi connectivity index (χ4n) is 2.01. The summed E-state index contributed by atoms with van der Waals surface area (Å²) in [5, 5.41) is 0.678. The van der Waals surface area contributed by atoms with E-state index in [0.717, 1.165) is 35.7 Å². The molecule has 20 heavy (non-hydrogen) atoms. The van der Waals surface area contributed by atoms with Crippen LogP contribution in [0.4, 0.5) is 0 Å². The van der Waals surface area contributed by atoms with Crippen molar-refractivity contribution in [1.82, 2.24) is 4.90 Å². The average Bonchev–Trinajstić information content (AvgIpc) is 2.77. The van der Waals surface area contributed by atoms with Crippen LogP contribution >= 0.6 is 23.8 Å². The molecule has 0 radical (unpaired) electrons. The molecule has 3 nitrogen and oxygen atoms in total. The van der Waals surface area contributed by atoms with Crippen LogP contribution in [0, 0.1) is 6.92 Å². The van der Waals surface area contributed by atoms with Gasteiger partial charge in [0, 0.05) is 17.1 Å². The van der Waals surface area contributed by atoms with Gasteiger partial charge in [-0.25, -0.2) is 0 Å². The molecule has 1 aromatic heterocycles. The summed E-state index contributed by atoms with van der Waals surface area (Å²) in [7, 11) is 2.02.